The van der Waals surface area contributed by atoms with Gasteiger partial charge in [-0.25, -0.2) is 9.78 Å². The molecule has 0 fully saturated rings. The van der Waals surface area contributed by atoms with Crippen molar-refractivity contribution in [3.63, 3.8) is 0 Å². The molecule has 120 valence electrons. The van der Waals surface area contributed by atoms with E-state index < -0.39 is 23.3 Å². The third-order valence-corrected chi connectivity index (χ3v) is 2.96. The van der Waals surface area contributed by atoms with Gasteiger partial charge < -0.3 is 4.84 Å². The minimum Gasteiger partial charge on any atom is -0.313 e. The Labute approximate surface area is 138 Å². The summed E-state index contributed by atoms with van der Waals surface area (Å²) in [4.78, 5) is 19.9. The molecule has 0 N–H and O–H groups in total. The molecular formula is C14H7Cl2F3N2O2. The zero-order valence-electron chi connectivity index (χ0n) is 11.1. The number of halogens is 5. The molecule has 1 aromatic carbocycles. The quantitative estimate of drug-likeness (QED) is 0.347. The minimum absolute atomic E-state index is 0.0905. The van der Waals surface area contributed by atoms with Crippen LogP contribution in [0.2, 0.25) is 10.3 Å². The molecule has 1 heterocycles. The molecule has 0 saturated carbocycles. The van der Waals surface area contributed by atoms with Crippen LogP contribution in [0.15, 0.2) is 41.6 Å². The van der Waals surface area contributed by atoms with E-state index in [0.717, 1.165) is 18.3 Å². The van der Waals surface area contributed by atoms with E-state index in [1.807, 2.05) is 0 Å². The summed E-state index contributed by atoms with van der Waals surface area (Å²) in [7, 11) is 0. The zero-order chi connectivity index (χ0) is 17.0. The van der Waals surface area contributed by atoms with Crippen molar-refractivity contribution in [2.75, 3.05) is 0 Å². The first-order valence-electron chi connectivity index (χ1n) is 6.01. The molecule has 0 aliphatic carbocycles. The molecule has 1 aromatic heterocycles. The number of aromatic nitrogens is 1. The van der Waals surface area contributed by atoms with Gasteiger partial charge in [0.05, 0.1) is 17.3 Å². The minimum atomic E-state index is -4.68. The van der Waals surface area contributed by atoms with Gasteiger partial charge in [-0.1, -0.05) is 40.5 Å². The van der Waals surface area contributed by atoms with Crippen molar-refractivity contribution in [3.05, 3.63) is 63.4 Å². The van der Waals surface area contributed by atoms with Crippen molar-refractivity contribution in [2.45, 2.75) is 6.18 Å². The highest BCUT2D eigenvalue weighted by Gasteiger charge is 2.35. The van der Waals surface area contributed by atoms with Gasteiger partial charge in [-0.05, 0) is 24.3 Å². The Morgan fingerprint density at radius 3 is 2.39 bits per heavy atom. The highest BCUT2D eigenvalue weighted by Crippen LogP contribution is 2.32. The number of hydrogen-bond donors (Lipinski definition) is 0. The molecular weight excluding hydrogens is 356 g/mol. The maximum absolute atomic E-state index is 12.8. The number of carbonyl (C=O) groups is 1. The Balaban J connectivity index is 2.16. The molecule has 0 amide bonds. The first-order chi connectivity index (χ1) is 10.8. The lowest BCUT2D eigenvalue weighted by atomic mass is 10.1. The first-order valence-corrected chi connectivity index (χ1v) is 6.77. The SMILES string of the molecule is O=C(O/N=C\c1cc(Cl)nc(Cl)c1)c1ccccc1C(F)(F)F. The van der Waals surface area contributed by atoms with Gasteiger partial charge in [0.25, 0.3) is 0 Å². The van der Waals surface area contributed by atoms with Crippen LogP contribution >= 0.6 is 23.2 Å². The second-order valence-corrected chi connectivity index (χ2v) is 4.98. The van der Waals surface area contributed by atoms with Crippen LogP contribution in [0.25, 0.3) is 0 Å². The molecule has 0 saturated heterocycles. The number of alkyl halides is 3. The summed E-state index contributed by atoms with van der Waals surface area (Å²) < 4.78 is 38.4. The van der Waals surface area contributed by atoms with E-state index in [9.17, 15) is 18.0 Å². The molecule has 23 heavy (non-hydrogen) atoms. The van der Waals surface area contributed by atoms with Crippen LogP contribution in [0.5, 0.6) is 0 Å². The molecule has 0 spiro atoms. The van der Waals surface area contributed by atoms with Gasteiger partial charge >= 0.3 is 12.1 Å². The Hall–Kier alpha value is -2.12. The number of oxime groups is 1. The van der Waals surface area contributed by atoms with Gasteiger partial charge in [-0.15, -0.1) is 0 Å². The summed E-state index contributed by atoms with van der Waals surface area (Å²) in [5, 5.41) is 3.52. The number of carbonyl (C=O) groups excluding carboxylic acids is 1. The molecule has 0 aliphatic heterocycles. The van der Waals surface area contributed by atoms with Crippen molar-refractivity contribution in [3.8, 4) is 0 Å². The van der Waals surface area contributed by atoms with Gasteiger partial charge in [-0.2, -0.15) is 13.2 Å². The van der Waals surface area contributed by atoms with Crippen LogP contribution in [0.4, 0.5) is 13.2 Å². The summed E-state index contributed by atoms with van der Waals surface area (Å²) in [6.45, 7) is 0. The summed E-state index contributed by atoms with van der Waals surface area (Å²) >= 11 is 11.3. The van der Waals surface area contributed by atoms with Crippen LogP contribution in [0, 0.1) is 0 Å². The molecule has 2 aromatic rings. The second kappa shape index (κ2) is 6.97. The normalized spacial score (nSPS) is 11.7. The molecule has 0 unspecified atom stereocenters. The highest BCUT2D eigenvalue weighted by atomic mass is 35.5. The van der Waals surface area contributed by atoms with E-state index in [0.29, 0.717) is 5.56 Å². The van der Waals surface area contributed by atoms with Crippen LogP contribution < -0.4 is 0 Å². The fourth-order valence-corrected chi connectivity index (χ4v) is 2.13. The Morgan fingerprint density at radius 1 is 1.17 bits per heavy atom. The number of rotatable bonds is 3. The summed E-state index contributed by atoms with van der Waals surface area (Å²) in [6.07, 6.45) is -3.60. The Bertz CT molecular complexity index is 744. The largest absolute Gasteiger partial charge is 0.417 e. The highest BCUT2D eigenvalue weighted by molar-refractivity contribution is 6.32. The Morgan fingerprint density at radius 2 is 1.78 bits per heavy atom. The van der Waals surface area contributed by atoms with E-state index >= 15 is 0 Å². The van der Waals surface area contributed by atoms with Crippen LogP contribution in [-0.2, 0) is 11.0 Å². The number of nitrogens with zero attached hydrogens (tertiary/aromatic N) is 2. The molecule has 0 bridgehead atoms. The fraction of sp³-hybridized carbons (Fsp3) is 0.0714. The molecule has 9 heteroatoms. The lowest BCUT2D eigenvalue weighted by Crippen LogP contribution is -2.13. The standard InChI is InChI=1S/C14H7Cl2F3N2O2/c15-11-5-8(6-12(16)21-11)7-20-23-13(22)9-3-1-2-4-10(9)14(17,18)19/h1-7H/b20-7-. The summed E-state index contributed by atoms with van der Waals surface area (Å²) in [5.74, 6) is -1.24. The van der Waals surface area contributed by atoms with Crippen LogP contribution in [-0.4, -0.2) is 17.2 Å². The lowest BCUT2D eigenvalue weighted by molar-refractivity contribution is -0.138. The third kappa shape index (κ3) is 4.67. The predicted octanol–water partition coefficient (Wildman–Crippen LogP) is 4.60. The third-order valence-electron chi connectivity index (χ3n) is 2.57. The molecule has 0 radical (unpaired) electrons. The van der Waals surface area contributed by atoms with Gasteiger partial charge in [0.15, 0.2) is 0 Å². The average molecular weight is 363 g/mol. The summed E-state index contributed by atoms with van der Waals surface area (Å²) in [5.41, 5.74) is -1.37. The van der Waals surface area contributed by atoms with Crippen molar-refractivity contribution < 1.29 is 22.8 Å². The fourth-order valence-electron chi connectivity index (χ4n) is 1.65. The van der Waals surface area contributed by atoms with E-state index in [1.54, 1.807) is 0 Å². The number of pyridine rings is 1. The zero-order valence-corrected chi connectivity index (χ0v) is 12.7. The van der Waals surface area contributed by atoms with Crippen molar-refractivity contribution in [1.29, 1.82) is 0 Å². The van der Waals surface area contributed by atoms with Gasteiger partial charge in [0, 0.05) is 5.56 Å². The molecule has 0 aliphatic rings. The van der Waals surface area contributed by atoms with Gasteiger partial charge in [-0.3, -0.25) is 0 Å². The average Bonchev–Trinajstić information content (AvgIpc) is 2.45. The topological polar surface area (TPSA) is 51.5 Å². The smallest absolute Gasteiger partial charge is 0.313 e. The molecule has 4 nitrogen and oxygen atoms in total. The van der Waals surface area contributed by atoms with Crippen molar-refractivity contribution in [2.24, 2.45) is 5.16 Å². The lowest BCUT2D eigenvalue weighted by Gasteiger charge is -2.09. The first kappa shape index (κ1) is 17.2. The van der Waals surface area contributed by atoms with Crippen molar-refractivity contribution in [1.82, 2.24) is 4.98 Å². The monoisotopic (exact) mass is 362 g/mol. The van der Waals surface area contributed by atoms with E-state index in [1.165, 1.54) is 24.3 Å². The van der Waals surface area contributed by atoms with E-state index in [2.05, 4.69) is 15.0 Å². The maximum atomic E-state index is 12.8. The molecule has 2 rings (SSSR count). The Kier molecular flexibility index (Phi) is 5.23. The number of benzene rings is 1. The van der Waals surface area contributed by atoms with Gasteiger partial charge in [0.1, 0.15) is 10.3 Å². The van der Waals surface area contributed by atoms with E-state index in [-0.39, 0.29) is 10.3 Å². The second-order valence-electron chi connectivity index (χ2n) is 4.20. The predicted molar refractivity (Wildman–Crippen MR) is 78.7 cm³/mol. The van der Waals surface area contributed by atoms with E-state index in [4.69, 9.17) is 23.2 Å². The molecule has 0 atom stereocenters. The number of hydrogen-bond acceptors (Lipinski definition) is 4. The van der Waals surface area contributed by atoms with Crippen LogP contribution in [0.3, 0.4) is 0 Å². The maximum Gasteiger partial charge on any atom is 0.417 e. The van der Waals surface area contributed by atoms with Crippen LogP contribution in [0.1, 0.15) is 21.5 Å². The van der Waals surface area contributed by atoms with Crippen molar-refractivity contribution >= 4 is 35.4 Å². The summed E-state index contributed by atoms with van der Waals surface area (Å²) in [6, 6.07) is 7.01. The van der Waals surface area contributed by atoms with Gasteiger partial charge in [0.2, 0.25) is 0 Å².